The summed E-state index contributed by atoms with van der Waals surface area (Å²) in [5.41, 5.74) is 3.19. The van der Waals surface area contributed by atoms with Gasteiger partial charge in [0, 0.05) is 25.0 Å². The van der Waals surface area contributed by atoms with E-state index in [1.54, 1.807) is 12.1 Å². The Morgan fingerprint density at radius 1 is 1.29 bits per heavy atom. The van der Waals surface area contributed by atoms with Gasteiger partial charge in [-0.3, -0.25) is 4.90 Å². The molecule has 5 nitrogen and oxygen atoms in total. The summed E-state index contributed by atoms with van der Waals surface area (Å²) in [7, 11) is 1.53. The second-order valence-electron chi connectivity index (χ2n) is 6.14. The minimum atomic E-state index is -0.841. The molecule has 2 heterocycles. The smallest absolute Gasteiger partial charge is 0.160 e. The van der Waals surface area contributed by atoms with Crippen LogP contribution in [0.2, 0.25) is 0 Å². The number of rotatable bonds is 1. The summed E-state index contributed by atoms with van der Waals surface area (Å²) in [6.07, 6.45) is 1.06. The monoisotopic (exact) mass is 289 g/mol. The third kappa shape index (κ3) is 1.75. The second-order valence-corrected chi connectivity index (χ2v) is 6.14. The number of fused-ring (bicyclic) bond motifs is 2. The zero-order valence-corrected chi connectivity index (χ0v) is 11.9. The normalized spacial score (nSPS) is 34.1. The van der Waals surface area contributed by atoms with Crippen LogP contribution in [0.1, 0.15) is 23.5 Å². The van der Waals surface area contributed by atoms with Crippen molar-refractivity contribution in [2.24, 2.45) is 0 Å². The first kappa shape index (κ1) is 13.1. The van der Waals surface area contributed by atoms with Crippen molar-refractivity contribution >= 4 is 0 Å². The number of phenols is 1. The Bertz CT molecular complexity index is 627. The fraction of sp³-hybridized carbons (Fsp3) is 0.500. The number of ether oxygens (including phenoxy) is 1. The lowest BCUT2D eigenvalue weighted by atomic mass is 9.73. The van der Waals surface area contributed by atoms with Crippen LogP contribution in [0.3, 0.4) is 0 Å². The van der Waals surface area contributed by atoms with Crippen molar-refractivity contribution < 1.29 is 20.1 Å². The number of hydrogen-bond acceptors (Lipinski definition) is 5. The van der Waals surface area contributed by atoms with Crippen LogP contribution in [0.5, 0.6) is 11.5 Å². The molecular weight excluding hydrogens is 270 g/mol. The molecule has 1 aliphatic carbocycles. The maximum absolute atomic E-state index is 10.5. The quantitative estimate of drug-likeness (QED) is 0.665. The lowest BCUT2D eigenvalue weighted by Gasteiger charge is -2.44. The molecule has 1 aromatic rings. The molecule has 3 aliphatic rings. The number of phenolic OH excluding ortho intramolecular Hbond substituents is 1. The molecule has 0 bridgehead atoms. The molecule has 2 aliphatic heterocycles. The van der Waals surface area contributed by atoms with Crippen LogP contribution in [0, 0.1) is 0 Å². The predicted molar refractivity (Wildman–Crippen MR) is 76.3 cm³/mol. The Hall–Kier alpha value is -1.56. The van der Waals surface area contributed by atoms with Gasteiger partial charge in [-0.2, -0.15) is 0 Å². The molecule has 0 unspecified atom stereocenters. The molecule has 4 atom stereocenters. The minimum Gasteiger partial charge on any atom is -0.504 e. The van der Waals surface area contributed by atoms with Crippen molar-refractivity contribution in [2.45, 2.75) is 37.1 Å². The SMILES string of the molecule is COc1cc2c(cc1O)[C@@H]1[C@H](O)[C@@H](O)C=C3CCN(C2)[C@@H]31. The second kappa shape index (κ2) is 4.47. The third-order valence-corrected chi connectivity index (χ3v) is 5.08. The molecule has 112 valence electrons. The van der Waals surface area contributed by atoms with Gasteiger partial charge in [0.15, 0.2) is 11.5 Å². The molecule has 1 fully saturated rings. The van der Waals surface area contributed by atoms with Crippen molar-refractivity contribution in [3.05, 3.63) is 34.9 Å². The minimum absolute atomic E-state index is 0.0838. The van der Waals surface area contributed by atoms with Gasteiger partial charge in [-0.1, -0.05) is 11.6 Å². The zero-order chi connectivity index (χ0) is 14.7. The third-order valence-electron chi connectivity index (χ3n) is 5.08. The molecule has 0 amide bonds. The van der Waals surface area contributed by atoms with E-state index in [0.717, 1.165) is 30.6 Å². The van der Waals surface area contributed by atoms with Crippen LogP contribution in [0.4, 0.5) is 0 Å². The summed E-state index contributed by atoms with van der Waals surface area (Å²) in [6, 6.07) is 3.67. The van der Waals surface area contributed by atoms with E-state index in [0.29, 0.717) is 5.75 Å². The Balaban J connectivity index is 1.88. The molecule has 0 saturated carbocycles. The Labute approximate surface area is 123 Å². The first-order valence-corrected chi connectivity index (χ1v) is 7.30. The van der Waals surface area contributed by atoms with E-state index in [1.165, 1.54) is 12.7 Å². The first-order valence-electron chi connectivity index (χ1n) is 7.30. The van der Waals surface area contributed by atoms with Gasteiger partial charge in [0.1, 0.15) is 0 Å². The predicted octanol–water partition coefficient (Wildman–Crippen LogP) is 0.734. The average molecular weight is 289 g/mol. The van der Waals surface area contributed by atoms with E-state index in [1.807, 2.05) is 6.07 Å². The highest BCUT2D eigenvalue weighted by molar-refractivity contribution is 5.51. The summed E-state index contributed by atoms with van der Waals surface area (Å²) in [4.78, 5) is 2.34. The molecule has 0 spiro atoms. The van der Waals surface area contributed by atoms with E-state index in [4.69, 9.17) is 4.74 Å². The number of hydrogen-bond donors (Lipinski definition) is 3. The largest absolute Gasteiger partial charge is 0.504 e. The topological polar surface area (TPSA) is 73.2 Å². The number of aromatic hydroxyl groups is 1. The van der Waals surface area contributed by atoms with Gasteiger partial charge < -0.3 is 20.1 Å². The molecular formula is C16H19NO4. The maximum Gasteiger partial charge on any atom is 0.160 e. The summed E-state index contributed by atoms with van der Waals surface area (Å²) in [6.45, 7) is 1.72. The first-order chi connectivity index (χ1) is 10.1. The van der Waals surface area contributed by atoms with Gasteiger partial charge in [0.25, 0.3) is 0 Å². The van der Waals surface area contributed by atoms with Gasteiger partial charge in [-0.25, -0.2) is 0 Å². The highest BCUT2D eigenvalue weighted by Crippen LogP contribution is 2.48. The summed E-state index contributed by atoms with van der Waals surface area (Å²) >= 11 is 0. The van der Waals surface area contributed by atoms with Crippen molar-refractivity contribution in [3.63, 3.8) is 0 Å². The number of aliphatic hydroxyl groups is 2. The fourth-order valence-corrected chi connectivity index (χ4v) is 4.14. The fourth-order valence-electron chi connectivity index (χ4n) is 4.14. The molecule has 4 rings (SSSR count). The van der Waals surface area contributed by atoms with E-state index < -0.39 is 12.2 Å². The lowest BCUT2D eigenvalue weighted by Crippen LogP contribution is -2.49. The van der Waals surface area contributed by atoms with Gasteiger partial charge in [0.05, 0.1) is 19.3 Å². The molecule has 1 saturated heterocycles. The van der Waals surface area contributed by atoms with Crippen molar-refractivity contribution in [1.82, 2.24) is 4.90 Å². The van der Waals surface area contributed by atoms with Crippen LogP contribution in [-0.4, -0.2) is 52.1 Å². The number of aliphatic hydroxyl groups excluding tert-OH is 2. The Kier molecular flexibility index (Phi) is 2.79. The van der Waals surface area contributed by atoms with E-state index in [2.05, 4.69) is 4.90 Å². The van der Waals surface area contributed by atoms with Crippen molar-refractivity contribution in [2.75, 3.05) is 13.7 Å². The van der Waals surface area contributed by atoms with Crippen molar-refractivity contribution in [3.8, 4) is 11.5 Å². The maximum atomic E-state index is 10.5. The molecule has 1 aromatic carbocycles. The highest BCUT2D eigenvalue weighted by Gasteiger charge is 2.48. The summed E-state index contributed by atoms with van der Waals surface area (Å²) in [5.74, 6) is 0.344. The van der Waals surface area contributed by atoms with Crippen molar-refractivity contribution in [1.29, 1.82) is 0 Å². The standard InChI is InChI=1S/C16H19NO4/c1-21-13-5-9-7-17-3-2-8-4-12(19)16(20)14(15(8)17)10(9)6-11(13)18/h4-6,12,14-16,18-20H,2-3,7H2,1H3/t12-,14-,15-,16+/m0/s1. The van der Waals surface area contributed by atoms with Crippen LogP contribution in [-0.2, 0) is 6.54 Å². The van der Waals surface area contributed by atoms with Crippen LogP contribution < -0.4 is 4.74 Å². The van der Waals surface area contributed by atoms with Crippen LogP contribution >= 0.6 is 0 Å². The Morgan fingerprint density at radius 2 is 2.10 bits per heavy atom. The number of methoxy groups -OCH3 is 1. The lowest BCUT2D eigenvalue weighted by molar-refractivity contribution is -0.00162. The van der Waals surface area contributed by atoms with E-state index in [9.17, 15) is 15.3 Å². The number of benzene rings is 1. The Morgan fingerprint density at radius 3 is 2.86 bits per heavy atom. The van der Waals surface area contributed by atoms with Crippen LogP contribution in [0.15, 0.2) is 23.8 Å². The molecule has 5 heteroatoms. The zero-order valence-electron chi connectivity index (χ0n) is 11.9. The highest BCUT2D eigenvalue weighted by atomic mass is 16.5. The van der Waals surface area contributed by atoms with E-state index >= 15 is 0 Å². The molecule has 21 heavy (non-hydrogen) atoms. The number of nitrogens with zero attached hydrogens (tertiary/aromatic N) is 1. The van der Waals surface area contributed by atoms with Gasteiger partial charge in [0.2, 0.25) is 0 Å². The molecule has 0 aromatic heterocycles. The van der Waals surface area contributed by atoms with Gasteiger partial charge in [-0.05, 0) is 29.7 Å². The summed E-state index contributed by atoms with van der Waals surface area (Å²) < 4.78 is 5.18. The molecule has 3 N–H and O–H groups in total. The average Bonchev–Trinajstić information content (AvgIpc) is 2.86. The van der Waals surface area contributed by atoms with Gasteiger partial charge in [-0.15, -0.1) is 0 Å². The van der Waals surface area contributed by atoms with E-state index in [-0.39, 0.29) is 17.7 Å². The molecule has 0 radical (unpaired) electrons. The van der Waals surface area contributed by atoms with Crippen LogP contribution in [0.25, 0.3) is 0 Å². The summed E-state index contributed by atoms with van der Waals surface area (Å²) in [5, 5.41) is 30.6. The van der Waals surface area contributed by atoms with Gasteiger partial charge >= 0.3 is 0 Å².